The Morgan fingerprint density at radius 3 is 2.33 bits per heavy atom. The number of hydrogen-bond donors (Lipinski definition) is 0. The van der Waals surface area contributed by atoms with Gasteiger partial charge in [-0.15, -0.1) is 0 Å². The van der Waals surface area contributed by atoms with E-state index in [1.807, 2.05) is 66.4 Å². The smallest absolute Gasteiger partial charge is 0.222 e. The van der Waals surface area contributed by atoms with Gasteiger partial charge in [-0.25, -0.2) is 9.97 Å². The Hall–Kier alpha value is -2.96. The van der Waals surface area contributed by atoms with Crippen LogP contribution in [-0.2, 0) is 22.6 Å². The van der Waals surface area contributed by atoms with Crippen molar-refractivity contribution in [2.45, 2.75) is 26.4 Å². The molecule has 0 bridgehead atoms. The summed E-state index contributed by atoms with van der Waals surface area (Å²) < 4.78 is 5.54. The summed E-state index contributed by atoms with van der Waals surface area (Å²) in [6.45, 7) is 5.15. The SMILES string of the molecule is CCC(=O)N1CCN(c2nc(-c3ccccc3)nc(COC)c2Cc2ccc(Cl)cc2)CC1. The number of rotatable bonds is 7. The van der Waals surface area contributed by atoms with E-state index < -0.39 is 0 Å². The van der Waals surface area contributed by atoms with Crippen LogP contribution in [0.4, 0.5) is 5.82 Å². The number of nitrogens with zero attached hydrogens (tertiary/aromatic N) is 4. The van der Waals surface area contributed by atoms with Gasteiger partial charge in [-0.05, 0) is 17.7 Å². The standard InChI is InChI=1S/C26H29ClN4O2/c1-3-24(32)30-13-15-31(16-14-30)26-22(17-19-9-11-21(27)12-10-19)23(18-33-2)28-25(29-26)20-7-5-4-6-8-20/h4-12H,3,13-18H2,1-2H3. The van der Waals surface area contributed by atoms with Gasteiger partial charge in [-0.2, -0.15) is 0 Å². The van der Waals surface area contributed by atoms with Gasteiger partial charge in [-0.1, -0.05) is 61.0 Å². The molecule has 0 saturated carbocycles. The molecule has 2 heterocycles. The molecule has 1 aromatic heterocycles. The first-order chi connectivity index (χ1) is 16.1. The lowest BCUT2D eigenvalue weighted by molar-refractivity contribution is -0.131. The second-order valence-electron chi connectivity index (χ2n) is 8.12. The van der Waals surface area contributed by atoms with Crippen molar-refractivity contribution < 1.29 is 9.53 Å². The topological polar surface area (TPSA) is 58.6 Å². The Morgan fingerprint density at radius 2 is 1.70 bits per heavy atom. The van der Waals surface area contributed by atoms with Gasteiger partial charge in [0.2, 0.25) is 5.91 Å². The van der Waals surface area contributed by atoms with Crippen LogP contribution >= 0.6 is 11.6 Å². The minimum atomic E-state index is 0.198. The molecule has 0 aliphatic carbocycles. The molecule has 0 atom stereocenters. The zero-order valence-electron chi connectivity index (χ0n) is 19.1. The van der Waals surface area contributed by atoms with Crippen LogP contribution in [0.25, 0.3) is 11.4 Å². The number of anilines is 1. The van der Waals surface area contributed by atoms with Crippen molar-refractivity contribution in [3.63, 3.8) is 0 Å². The molecule has 1 aliphatic heterocycles. The molecule has 0 radical (unpaired) electrons. The van der Waals surface area contributed by atoms with Crippen LogP contribution in [0.3, 0.4) is 0 Å². The van der Waals surface area contributed by atoms with E-state index in [4.69, 9.17) is 26.3 Å². The van der Waals surface area contributed by atoms with Crippen LogP contribution in [0.5, 0.6) is 0 Å². The first kappa shape index (κ1) is 23.2. The highest BCUT2D eigenvalue weighted by Crippen LogP contribution is 2.29. The Labute approximate surface area is 200 Å². The van der Waals surface area contributed by atoms with Crippen molar-refractivity contribution in [3.05, 3.63) is 76.4 Å². The molecular formula is C26H29ClN4O2. The highest BCUT2D eigenvalue weighted by Gasteiger charge is 2.25. The zero-order valence-corrected chi connectivity index (χ0v) is 19.9. The van der Waals surface area contributed by atoms with E-state index in [1.165, 1.54) is 0 Å². The molecule has 172 valence electrons. The number of benzene rings is 2. The van der Waals surface area contributed by atoms with Crippen LogP contribution < -0.4 is 4.90 Å². The van der Waals surface area contributed by atoms with Crippen LogP contribution in [0.2, 0.25) is 5.02 Å². The van der Waals surface area contributed by atoms with E-state index in [9.17, 15) is 4.79 Å². The maximum Gasteiger partial charge on any atom is 0.222 e. The van der Waals surface area contributed by atoms with Crippen LogP contribution in [-0.4, -0.2) is 54.1 Å². The van der Waals surface area contributed by atoms with Gasteiger partial charge in [-0.3, -0.25) is 4.79 Å². The molecule has 1 fully saturated rings. The second kappa shape index (κ2) is 10.8. The molecule has 7 heteroatoms. The predicted octanol–water partition coefficient (Wildman–Crippen LogP) is 4.59. The summed E-state index contributed by atoms with van der Waals surface area (Å²) in [6, 6.07) is 17.9. The summed E-state index contributed by atoms with van der Waals surface area (Å²) in [7, 11) is 1.69. The molecule has 33 heavy (non-hydrogen) atoms. The van der Waals surface area contributed by atoms with Crippen molar-refractivity contribution in [1.82, 2.24) is 14.9 Å². The van der Waals surface area contributed by atoms with Gasteiger partial charge in [0.15, 0.2) is 5.82 Å². The fourth-order valence-corrected chi connectivity index (χ4v) is 4.26. The van der Waals surface area contributed by atoms with Crippen molar-refractivity contribution >= 4 is 23.3 Å². The molecular weight excluding hydrogens is 436 g/mol. The van der Waals surface area contributed by atoms with E-state index in [-0.39, 0.29) is 5.91 Å². The summed E-state index contributed by atoms with van der Waals surface area (Å²) in [5.74, 6) is 1.79. The Bertz CT molecular complexity index is 1080. The first-order valence-electron chi connectivity index (χ1n) is 11.3. The molecule has 1 aliphatic rings. The third-order valence-corrected chi connectivity index (χ3v) is 6.16. The van der Waals surface area contributed by atoms with Gasteiger partial charge >= 0.3 is 0 Å². The fraction of sp³-hybridized carbons (Fsp3) is 0.346. The molecule has 0 spiro atoms. The number of hydrogen-bond acceptors (Lipinski definition) is 5. The molecule has 4 rings (SSSR count). The summed E-state index contributed by atoms with van der Waals surface area (Å²) in [5.41, 5.74) is 4.03. The summed E-state index contributed by atoms with van der Waals surface area (Å²) >= 11 is 6.10. The number of ether oxygens (including phenoxy) is 1. The summed E-state index contributed by atoms with van der Waals surface area (Å²) in [5, 5.41) is 0.712. The van der Waals surface area contributed by atoms with E-state index >= 15 is 0 Å². The normalized spacial score (nSPS) is 13.9. The van der Waals surface area contributed by atoms with Crippen molar-refractivity contribution in [2.75, 3.05) is 38.2 Å². The average Bonchev–Trinajstić information content (AvgIpc) is 2.86. The number of halogens is 1. The Kier molecular flexibility index (Phi) is 7.57. The highest BCUT2D eigenvalue weighted by atomic mass is 35.5. The molecule has 0 N–H and O–H groups in total. The van der Waals surface area contributed by atoms with Crippen molar-refractivity contribution in [1.29, 1.82) is 0 Å². The third kappa shape index (κ3) is 5.52. The second-order valence-corrected chi connectivity index (χ2v) is 8.56. The number of aromatic nitrogens is 2. The van der Waals surface area contributed by atoms with E-state index in [2.05, 4.69) is 4.90 Å². The minimum Gasteiger partial charge on any atom is -0.378 e. The van der Waals surface area contributed by atoms with E-state index in [0.29, 0.717) is 43.4 Å². The number of carbonyl (C=O) groups excluding carboxylic acids is 1. The molecule has 6 nitrogen and oxygen atoms in total. The lowest BCUT2D eigenvalue weighted by atomic mass is 10.0. The fourth-order valence-electron chi connectivity index (χ4n) is 4.13. The molecule has 3 aromatic rings. The Balaban J connectivity index is 1.75. The molecule has 1 amide bonds. The minimum absolute atomic E-state index is 0.198. The maximum absolute atomic E-state index is 12.2. The molecule has 2 aromatic carbocycles. The highest BCUT2D eigenvalue weighted by molar-refractivity contribution is 6.30. The number of methoxy groups -OCH3 is 1. The van der Waals surface area contributed by atoms with Crippen LogP contribution in [0.1, 0.15) is 30.2 Å². The van der Waals surface area contributed by atoms with Gasteiger partial charge in [0.25, 0.3) is 0 Å². The first-order valence-corrected chi connectivity index (χ1v) is 11.7. The molecule has 1 saturated heterocycles. The Morgan fingerprint density at radius 1 is 1.00 bits per heavy atom. The lowest BCUT2D eigenvalue weighted by Crippen LogP contribution is -2.49. The largest absolute Gasteiger partial charge is 0.378 e. The average molecular weight is 465 g/mol. The number of piperazine rings is 1. The lowest BCUT2D eigenvalue weighted by Gasteiger charge is -2.36. The van der Waals surface area contributed by atoms with Crippen molar-refractivity contribution in [3.8, 4) is 11.4 Å². The third-order valence-electron chi connectivity index (χ3n) is 5.91. The quantitative estimate of drug-likeness (QED) is 0.511. The zero-order chi connectivity index (χ0) is 23.2. The van der Waals surface area contributed by atoms with Crippen LogP contribution in [0.15, 0.2) is 54.6 Å². The van der Waals surface area contributed by atoms with Gasteiger partial charge in [0, 0.05) is 62.3 Å². The molecule has 0 unspecified atom stereocenters. The summed E-state index contributed by atoms with van der Waals surface area (Å²) in [6.07, 6.45) is 1.21. The van der Waals surface area contributed by atoms with E-state index in [1.54, 1.807) is 7.11 Å². The number of amides is 1. The maximum atomic E-state index is 12.2. The monoisotopic (exact) mass is 464 g/mol. The van der Waals surface area contributed by atoms with Crippen molar-refractivity contribution in [2.24, 2.45) is 0 Å². The predicted molar refractivity (Wildman–Crippen MR) is 132 cm³/mol. The van der Waals surface area contributed by atoms with Gasteiger partial charge in [0.05, 0.1) is 12.3 Å². The summed E-state index contributed by atoms with van der Waals surface area (Å²) in [4.78, 5) is 26.3. The van der Waals surface area contributed by atoms with Gasteiger partial charge < -0.3 is 14.5 Å². The van der Waals surface area contributed by atoms with E-state index in [0.717, 1.165) is 41.3 Å². The number of carbonyl (C=O) groups is 1. The van der Waals surface area contributed by atoms with Crippen LogP contribution in [0, 0.1) is 0 Å². The van der Waals surface area contributed by atoms with Gasteiger partial charge in [0.1, 0.15) is 5.82 Å².